The number of nitrogens with one attached hydrogen (secondary N) is 1. The SMILES string of the molecule is CC(C)n1nnnc1SCC(=O)c1ccc2c(c1)CCCC(=O)N2. The van der Waals surface area contributed by atoms with Gasteiger partial charge < -0.3 is 5.32 Å². The van der Waals surface area contributed by atoms with Gasteiger partial charge in [0, 0.05) is 17.7 Å². The number of carbonyl (C=O) groups excluding carboxylic acids is 2. The summed E-state index contributed by atoms with van der Waals surface area (Å²) in [7, 11) is 0. The van der Waals surface area contributed by atoms with Crippen molar-refractivity contribution < 1.29 is 9.59 Å². The molecule has 1 aliphatic heterocycles. The summed E-state index contributed by atoms with van der Waals surface area (Å²) in [6.45, 7) is 3.98. The summed E-state index contributed by atoms with van der Waals surface area (Å²) < 4.78 is 1.70. The monoisotopic (exact) mass is 345 g/mol. The number of amides is 1. The van der Waals surface area contributed by atoms with Gasteiger partial charge in [-0.1, -0.05) is 11.8 Å². The molecule has 0 unspecified atom stereocenters. The first-order valence-corrected chi connectivity index (χ1v) is 8.90. The predicted molar refractivity (Wildman–Crippen MR) is 91.3 cm³/mol. The Bertz CT molecular complexity index is 772. The number of hydrogen-bond donors (Lipinski definition) is 1. The Balaban J connectivity index is 1.70. The number of nitrogens with zero attached hydrogens (tertiary/aromatic N) is 4. The van der Waals surface area contributed by atoms with Crippen molar-refractivity contribution >= 4 is 29.1 Å². The summed E-state index contributed by atoms with van der Waals surface area (Å²) in [5, 5.41) is 15.1. The Labute approximate surface area is 144 Å². The molecular weight excluding hydrogens is 326 g/mol. The molecule has 2 heterocycles. The number of aryl methyl sites for hydroxylation is 1. The molecule has 0 spiro atoms. The van der Waals surface area contributed by atoms with Crippen molar-refractivity contribution in [3.8, 4) is 0 Å². The van der Waals surface area contributed by atoms with Crippen LogP contribution in [0, 0.1) is 0 Å². The average Bonchev–Trinajstić information content (AvgIpc) is 2.94. The molecule has 1 N–H and O–H groups in total. The molecule has 0 saturated carbocycles. The first kappa shape index (κ1) is 16.6. The minimum Gasteiger partial charge on any atom is -0.326 e. The number of aromatic nitrogens is 4. The largest absolute Gasteiger partial charge is 0.326 e. The van der Waals surface area contributed by atoms with Gasteiger partial charge in [0.1, 0.15) is 0 Å². The zero-order valence-corrected chi connectivity index (χ0v) is 14.5. The fourth-order valence-electron chi connectivity index (χ4n) is 2.57. The molecule has 3 rings (SSSR count). The van der Waals surface area contributed by atoms with Crippen LogP contribution in [-0.4, -0.2) is 37.7 Å². The van der Waals surface area contributed by atoms with Crippen molar-refractivity contribution in [1.29, 1.82) is 0 Å². The number of benzene rings is 1. The molecule has 1 amide bonds. The van der Waals surface area contributed by atoms with E-state index in [0.717, 1.165) is 24.1 Å². The summed E-state index contributed by atoms with van der Waals surface area (Å²) in [5.74, 6) is 0.332. The molecule has 0 bridgehead atoms. The van der Waals surface area contributed by atoms with Crippen molar-refractivity contribution in [2.24, 2.45) is 0 Å². The third-order valence-corrected chi connectivity index (χ3v) is 4.77. The van der Waals surface area contributed by atoms with E-state index in [2.05, 4.69) is 20.8 Å². The first-order valence-electron chi connectivity index (χ1n) is 7.91. The highest BCUT2D eigenvalue weighted by molar-refractivity contribution is 7.99. The van der Waals surface area contributed by atoms with Crippen LogP contribution in [-0.2, 0) is 11.2 Å². The molecule has 2 aromatic rings. The van der Waals surface area contributed by atoms with Crippen LogP contribution in [0.15, 0.2) is 23.4 Å². The second-order valence-corrected chi connectivity index (χ2v) is 6.93. The first-order chi connectivity index (χ1) is 11.5. The van der Waals surface area contributed by atoms with Crippen molar-refractivity contribution in [2.75, 3.05) is 11.1 Å². The molecular formula is C16H19N5O2S. The summed E-state index contributed by atoms with van der Waals surface area (Å²) >= 11 is 1.33. The number of thioether (sulfide) groups is 1. The molecule has 1 aromatic heterocycles. The molecule has 24 heavy (non-hydrogen) atoms. The minimum atomic E-state index is 0.0247. The molecule has 0 saturated heterocycles. The molecule has 1 aromatic carbocycles. The molecule has 0 atom stereocenters. The maximum absolute atomic E-state index is 12.5. The van der Waals surface area contributed by atoms with Crippen LogP contribution in [0.5, 0.6) is 0 Å². The summed E-state index contributed by atoms with van der Waals surface area (Å²) in [6, 6.07) is 5.61. The fraction of sp³-hybridized carbons (Fsp3) is 0.438. The van der Waals surface area contributed by atoms with E-state index in [1.54, 1.807) is 10.7 Å². The molecule has 1 aliphatic rings. The molecule has 126 valence electrons. The maximum atomic E-state index is 12.5. The third-order valence-electron chi connectivity index (χ3n) is 3.84. The summed E-state index contributed by atoms with van der Waals surface area (Å²) in [4.78, 5) is 24.1. The van der Waals surface area contributed by atoms with E-state index in [1.807, 2.05) is 26.0 Å². The Kier molecular flexibility index (Phi) is 4.94. The van der Waals surface area contributed by atoms with E-state index in [0.29, 0.717) is 17.1 Å². The second kappa shape index (κ2) is 7.12. The smallest absolute Gasteiger partial charge is 0.224 e. The third kappa shape index (κ3) is 3.64. The van der Waals surface area contributed by atoms with Crippen LogP contribution in [0.2, 0.25) is 0 Å². The number of tetrazole rings is 1. The number of carbonyl (C=O) groups is 2. The van der Waals surface area contributed by atoms with E-state index in [9.17, 15) is 9.59 Å². The van der Waals surface area contributed by atoms with Crippen molar-refractivity contribution in [2.45, 2.75) is 44.3 Å². The van der Waals surface area contributed by atoms with Gasteiger partial charge in [0.15, 0.2) is 5.78 Å². The molecule has 0 aliphatic carbocycles. The van der Waals surface area contributed by atoms with Gasteiger partial charge in [-0.2, -0.15) is 0 Å². The van der Waals surface area contributed by atoms with Crippen LogP contribution in [0.1, 0.15) is 48.7 Å². The van der Waals surface area contributed by atoms with Gasteiger partial charge in [-0.15, -0.1) is 5.10 Å². The quantitative estimate of drug-likeness (QED) is 0.661. The standard InChI is InChI=1S/C16H19N5O2S/c1-10(2)21-16(18-19-20-21)24-9-14(22)12-6-7-13-11(8-12)4-3-5-15(23)17-13/h6-8,10H,3-5,9H2,1-2H3,(H,17,23). The van der Waals surface area contributed by atoms with Gasteiger partial charge in [0.2, 0.25) is 11.1 Å². The average molecular weight is 345 g/mol. The Morgan fingerprint density at radius 3 is 3.00 bits per heavy atom. The van der Waals surface area contributed by atoms with Gasteiger partial charge in [0.05, 0.1) is 11.8 Å². The zero-order chi connectivity index (χ0) is 17.1. The van der Waals surface area contributed by atoms with Gasteiger partial charge in [-0.05, 0) is 60.9 Å². The summed E-state index contributed by atoms with van der Waals surface area (Å²) in [6.07, 6.45) is 2.12. The molecule has 8 heteroatoms. The normalized spacial score (nSPS) is 14.2. The Morgan fingerprint density at radius 1 is 1.38 bits per heavy atom. The van der Waals surface area contributed by atoms with Crippen LogP contribution < -0.4 is 5.32 Å². The number of rotatable bonds is 5. The lowest BCUT2D eigenvalue weighted by atomic mass is 10.0. The maximum Gasteiger partial charge on any atom is 0.224 e. The van der Waals surface area contributed by atoms with E-state index >= 15 is 0 Å². The molecule has 0 radical (unpaired) electrons. The van der Waals surface area contributed by atoms with Gasteiger partial charge in [-0.3, -0.25) is 9.59 Å². The van der Waals surface area contributed by atoms with Crippen molar-refractivity contribution in [3.05, 3.63) is 29.3 Å². The lowest BCUT2D eigenvalue weighted by Crippen LogP contribution is -2.10. The van der Waals surface area contributed by atoms with E-state index in [-0.39, 0.29) is 23.5 Å². The fourth-order valence-corrected chi connectivity index (χ4v) is 3.47. The lowest BCUT2D eigenvalue weighted by molar-refractivity contribution is -0.116. The van der Waals surface area contributed by atoms with Gasteiger partial charge in [-0.25, -0.2) is 4.68 Å². The van der Waals surface area contributed by atoms with E-state index < -0.39 is 0 Å². The van der Waals surface area contributed by atoms with Crippen LogP contribution >= 0.6 is 11.8 Å². The highest BCUT2D eigenvalue weighted by atomic mass is 32.2. The molecule has 0 fully saturated rings. The minimum absolute atomic E-state index is 0.0247. The van der Waals surface area contributed by atoms with E-state index in [1.165, 1.54) is 11.8 Å². The molecule has 7 nitrogen and oxygen atoms in total. The lowest BCUT2D eigenvalue weighted by Gasteiger charge is -2.09. The summed E-state index contributed by atoms with van der Waals surface area (Å²) in [5.41, 5.74) is 2.48. The highest BCUT2D eigenvalue weighted by Crippen LogP contribution is 2.25. The number of anilines is 1. The van der Waals surface area contributed by atoms with Crippen molar-refractivity contribution in [3.63, 3.8) is 0 Å². The topological polar surface area (TPSA) is 89.8 Å². The predicted octanol–water partition coefficient (Wildman–Crippen LogP) is 2.50. The highest BCUT2D eigenvalue weighted by Gasteiger charge is 2.17. The number of Topliss-reactive ketones (excluding diaryl/α,β-unsaturated/α-hetero) is 1. The van der Waals surface area contributed by atoms with Crippen LogP contribution in [0.25, 0.3) is 0 Å². The van der Waals surface area contributed by atoms with Gasteiger partial charge in [0.25, 0.3) is 0 Å². The van der Waals surface area contributed by atoms with Crippen LogP contribution in [0.4, 0.5) is 5.69 Å². The zero-order valence-electron chi connectivity index (χ0n) is 13.7. The Morgan fingerprint density at radius 2 is 2.21 bits per heavy atom. The van der Waals surface area contributed by atoms with Crippen LogP contribution in [0.3, 0.4) is 0 Å². The Hall–Kier alpha value is -2.22. The van der Waals surface area contributed by atoms with E-state index in [4.69, 9.17) is 0 Å². The van der Waals surface area contributed by atoms with Gasteiger partial charge >= 0.3 is 0 Å². The number of ketones is 1. The number of fused-ring (bicyclic) bond motifs is 1. The van der Waals surface area contributed by atoms with Crippen molar-refractivity contribution in [1.82, 2.24) is 20.2 Å². The number of hydrogen-bond acceptors (Lipinski definition) is 6. The second-order valence-electron chi connectivity index (χ2n) is 5.99.